The van der Waals surface area contributed by atoms with Crippen molar-refractivity contribution in [2.24, 2.45) is 0 Å². The van der Waals surface area contributed by atoms with Crippen molar-refractivity contribution in [3.05, 3.63) is 33.8 Å². The normalized spacial score (nSPS) is 10.8. The quantitative estimate of drug-likeness (QED) is 0.820. The van der Waals surface area contributed by atoms with Gasteiger partial charge >= 0.3 is 0 Å². The van der Waals surface area contributed by atoms with Crippen LogP contribution in [0.3, 0.4) is 0 Å². The van der Waals surface area contributed by atoms with E-state index >= 15 is 0 Å². The van der Waals surface area contributed by atoms with Gasteiger partial charge in [0, 0.05) is 6.07 Å². The van der Waals surface area contributed by atoms with Crippen molar-refractivity contribution in [2.75, 3.05) is 5.73 Å². The molecular weight excluding hydrogens is 282 g/mol. The smallest absolute Gasteiger partial charge is 0.175 e. The van der Waals surface area contributed by atoms with Gasteiger partial charge in [-0.15, -0.1) is 0 Å². The SMILES string of the molecule is Cc1cc(Br)c(F)c(-c2cc(N)no2)c1F. The molecule has 0 atom stereocenters. The van der Waals surface area contributed by atoms with Gasteiger partial charge in [-0.2, -0.15) is 0 Å². The zero-order chi connectivity index (χ0) is 11.9. The van der Waals surface area contributed by atoms with E-state index in [-0.39, 0.29) is 21.6 Å². The maximum Gasteiger partial charge on any atom is 0.175 e. The molecule has 0 fully saturated rings. The Morgan fingerprint density at radius 2 is 2.00 bits per heavy atom. The monoisotopic (exact) mass is 288 g/mol. The molecule has 0 aliphatic heterocycles. The van der Waals surface area contributed by atoms with E-state index in [0.29, 0.717) is 5.56 Å². The van der Waals surface area contributed by atoms with Gasteiger partial charge in [-0.05, 0) is 34.5 Å². The number of benzene rings is 1. The van der Waals surface area contributed by atoms with Crippen molar-refractivity contribution in [1.82, 2.24) is 5.16 Å². The van der Waals surface area contributed by atoms with Crippen LogP contribution in [0.5, 0.6) is 0 Å². The molecule has 1 aromatic carbocycles. The number of halogens is 3. The average Bonchev–Trinajstić information content (AvgIpc) is 2.62. The molecule has 3 nitrogen and oxygen atoms in total. The van der Waals surface area contributed by atoms with Crippen molar-refractivity contribution in [3.63, 3.8) is 0 Å². The van der Waals surface area contributed by atoms with Crippen molar-refractivity contribution >= 4 is 21.7 Å². The largest absolute Gasteiger partial charge is 0.381 e. The average molecular weight is 289 g/mol. The summed E-state index contributed by atoms with van der Waals surface area (Å²) in [6, 6.07) is 2.63. The molecule has 16 heavy (non-hydrogen) atoms. The highest BCUT2D eigenvalue weighted by Crippen LogP contribution is 2.33. The molecule has 1 heterocycles. The first-order valence-electron chi connectivity index (χ1n) is 4.37. The highest BCUT2D eigenvalue weighted by molar-refractivity contribution is 9.10. The van der Waals surface area contributed by atoms with Crippen LogP contribution in [0.2, 0.25) is 0 Å². The molecule has 0 amide bonds. The minimum atomic E-state index is -0.737. The lowest BCUT2D eigenvalue weighted by atomic mass is 10.1. The highest BCUT2D eigenvalue weighted by Gasteiger charge is 2.20. The van der Waals surface area contributed by atoms with Crippen molar-refractivity contribution in [2.45, 2.75) is 6.92 Å². The molecule has 84 valence electrons. The molecule has 1 aromatic heterocycles. The summed E-state index contributed by atoms with van der Waals surface area (Å²) < 4.78 is 32.4. The summed E-state index contributed by atoms with van der Waals surface area (Å²) in [5.41, 5.74) is 5.37. The fourth-order valence-corrected chi connectivity index (χ4v) is 1.89. The molecule has 6 heteroatoms. The van der Waals surface area contributed by atoms with E-state index in [1.165, 1.54) is 19.1 Å². The Morgan fingerprint density at radius 3 is 2.56 bits per heavy atom. The summed E-state index contributed by atoms with van der Waals surface area (Å²) >= 11 is 3.00. The lowest BCUT2D eigenvalue weighted by Gasteiger charge is -2.05. The van der Waals surface area contributed by atoms with Crippen LogP contribution >= 0.6 is 15.9 Å². The summed E-state index contributed by atoms with van der Waals surface area (Å²) in [6.45, 7) is 1.53. The van der Waals surface area contributed by atoms with E-state index in [9.17, 15) is 8.78 Å². The van der Waals surface area contributed by atoms with E-state index in [1.54, 1.807) is 0 Å². The Kier molecular flexibility index (Phi) is 2.67. The summed E-state index contributed by atoms with van der Waals surface area (Å²) in [4.78, 5) is 0. The van der Waals surface area contributed by atoms with Gasteiger partial charge in [-0.1, -0.05) is 5.16 Å². The van der Waals surface area contributed by atoms with Gasteiger partial charge in [0.15, 0.2) is 17.4 Å². The number of rotatable bonds is 1. The fraction of sp³-hybridized carbons (Fsp3) is 0.100. The van der Waals surface area contributed by atoms with Gasteiger partial charge in [-0.3, -0.25) is 0 Å². The lowest BCUT2D eigenvalue weighted by molar-refractivity contribution is 0.429. The molecule has 0 bridgehead atoms. The second kappa shape index (κ2) is 3.86. The Bertz CT molecular complexity index is 528. The van der Waals surface area contributed by atoms with Crippen LogP contribution in [-0.2, 0) is 0 Å². The van der Waals surface area contributed by atoms with Crippen LogP contribution in [-0.4, -0.2) is 5.16 Å². The third kappa shape index (κ3) is 1.69. The highest BCUT2D eigenvalue weighted by atomic mass is 79.9. The Balaban J connectivity index is 2.73. The molecule has 2 N–H and O–H groups in total. The van der Waals surface area contributed by atoms with Crippen LogP contribution in [0.1, 0.15) is 5.56 Å². The summed E-state index contributed by atoms with van der Waals surface area (Å²) in [6.07, 6.45) is 0. The summed E-state index contributed by atoms with van der Waals surface area (Å²) in [5.74, 6) is -1.38. The fourth-order valence-electron chi connectivity index (χ4n) is 1.35. The molecular formula is C10H7BrF2N2O. The number of nitrogen functional groups attached to an aromatic ring is 1. The van der Waals surface area contributed by atoms with Crippen LogP contribution in [0, 0.1) is 18.6 Å². The number of hydrogen-bond donors (Lipinski definition) is 1. The van der Waals surface area contributed by atoms with Crippen LogP contribution in [0.25, 0.3) is 11.3 Å². The second-order valence-electron chi connectivity index (χ2n) is 3.29. The van der Waals surface area contributed by atoms with Gasteiger partial charge in [-0.25, -0.2) is 8.78 Å². The number of nitrogens with zero attached hydrogens (tertiary/aromatic N) is 1. The van der Waals surface area contributed by atoms with E-state index in [0.717, 1.165) is 0 Å². The topological polar surface area (TPSA) is 52.0 Å². The van der Waals surface area contributed by atoms with E-state index in [1.807, 2.05) is 0 Å². The molecule has 0 saturated carbocycles. The lowest BCUT2D eigenvalue weighted by Crippen LogP contribution is -1.94. The van der Waals surface area contributed by atoms with Gasteiger partial charge in [0.1, 0.15) is 5.82 Å². The predicted octanol–water partition coefficient (Wildman–Crippen LogP) is 3.27. The minimum Gasteiger partial charge on any atom is -0.381 e. The molecule has 0 unspecified atom stereocenters. The summed E-state index contributed by atoms with van der Waals surface area (Å²) in [7, 11) is 0. The zero-order valence-corrected chi connectivity index (χ0v) is 9.81. The Labute approximate surface area is 98.4 Å². The van der Waals surface area contributed by atoms with Crippen molar-refractivity contribution < 1.29 is 13.3 Å². The first-order chi connectivity index (χ1) is 7.50. The first-order valence-corrected chi connectivity index (χ1v) is 5.16. The van der Waals surface area contributed by atoms with Crippen LogP contribution in [0.15, 0.2) is 21.1 Å². The molecule has 0 spiro atoms. The Morgan fingerprint density at radius 1 is 1.31 bits per heavy atom. The van der Waals surface area contributed by atoms with E-state index < -0.39 is 11.6 Å². The maximum absolute atomic E-state index is 13.7. The third-order valence-electron chi connectivity index (χ3n) is 2.11. The van der Waals surface area contributed by atoms with Gasteiger partial charge in [0.25, 0.3) is 0 Å². The summed E-state index contributed by atoms with van der Waals surface area (Å²) in [5, 5.41) is 3.39. The number of hydrogen-bond acceptors (Lipinski definition) is 3. The first kappa shape index (κ1) is 11.1. The van der Waals surface area contributed by atoms with E-state index in [4.69, 9.17) is 10.3 Å². The maximum atomic E-state index is 13.7. The van der Waals surface area contributed by atoms with Gasteiger partial charge < -0.3 is 10.3 Å². The standard InChI is InChI=1S/C10H7BrF2N2O/c1-4-2-5(11)10(13)8(9(4)12)6-3-7(14)15-16-6/h2-3H,1H3,(H2,14,15). The van der Waals surface area contributed by atoms with Crippen molar-refractivity contribution in [3.8, 4) is 11.3 Å². The number of aryl methyl sites for hydroxylation is 1. The second-order valence-corrected chi connectivity index (χ2v) is 4.15. The number of aromatic nitrogens is 1. The number of anilines is 1. The molecule has 0 aliphatic rings. The molecule has 2 aromatic rings. The molecule has 0 radical (unpaired) electrons. The zero-order valence-electron chi connectivity index (χ0n) is 8.22. The number of nitrogens with two attached hydrogens (primary N) is 1. The van der Waals surface area contributed by atoms with Crippen molar-refractivity contribution in [1.29, 1.82) is 0 Å². The minimum absolute atomic E-state index is 0.0306. The van der Waals surface area contributed by atoms with Gasteiger partial charge in [0.05, 0.1) is 10.0 Å². The Hall–Kier alpha value is -1.43. The van der Waals surface area contributed by atoms with Crippen LogP contribution in [0.4, 0.5) is 14.6 Å². The van der Waals surface area contributed by atoms with Crippen LogP contribution < -0.4 is 5.73 Å². The molecule has 0 aliphatic carbocycles. The predicted molar refractivity (Wildman–Crippen MR) is 58.7 cm³/mol. The van der Waals surface area contributed by atoms with Gasteiger partial charge in [0.2, 0.25) is 0 Å². The van der Waals surface area contributed by atoms with E-state index in [2.05, 4.69) is 21.1 Å². The molecule has 2 rings (SSSR count). The molecule has 0 saturated heterocycles. The third-order valence-corrected chi connectivity index (χ3v) is 2.69.